The highest BCUT2D eigenvalue weighted by atomic mass is 79.9. The molecule has 5 nitrogen and oxygen atoms in total. The number of carbonyl (C=O) groups excluding carboxylic acids is 1. The normalized spacial score (nSPS) is 10.6. The molecule has 0 spiro atoms. The summed E-state index contributed by atoms with van der Waals surface area (Å²) in [6.45, 7) is 2.23. The van der Waals surface area contributed by atoms with Gasteiger partial charge in [-0.25, -0.2) is 4.79 Å². The maximum atomic E-state index is 12.3. The predicted molar refractivity (Wildman–Crippen MR) is 82.9 cm³/mol. The molecule has 0 unspecified atom stereocenters. The van der Waals surface area contributed by atoms with Gasteiger partial charge in [-0.2, -0.15) is 0 Å². The molecule has 0 aliphatic rings. The first kappa shape index (κ1) is 15.8. The fourth-order valence-electron chi connectivity index (χ4n) is 1.91. The second-order valence-corrected chi connectivity index (χ2v) is 6.41. The molecule has 1 N–H and O–H groups in total. The molecule has 112 valence electrons. The topological polar surface area (TPSA) is 70.8 Å². The number of hydrogen-bond acceptors (Lipinski definition) is 4. The van der Waals surface area contributed by atoms with E-state index in [1.165, 1.54) is 11.0 Å². The molecule has 0 saturated carbocycles. The molecule has 7 heteroatoms. The fraction of sp³-hybridized carbons (Fsp3) is 0.286. The van der Waals surface area contributed by atoms with E-state index in [1.807, 2.05) is 11.4 Å². The van der Waals surface area contributed by atoms with Crippen LogP contribution in [-0.2, 0) is 13.0 Å². The minimum absolute atomic E-state index is 0.0492. The molecule has 0 bridgehead atoms. The summed E-state index contributed by atoms with van der Waals surface area (Å²) in [7, 11) is 1.66. The summed E-state index contributed by atoms with van der Waals surface area (Å²) in [5, 5.41) is 11.0. The lowest BCUT2D eigenvalue weighted by molar-refractivity contribution is 0.0693. The standard InChI is InChI=1S/C14H14BrNO4S/c1-3-11-10(14(18)19)5-12(20-11)13(17)16(2)6-9-4-8(15)7-21-9/h4-5,7H,3,6H2,1-2H3,(H,18,19). The average molecular weight is 372 g/mol. The zero-order valence-electron chi connectivity index (χ0n) is 11.6. The van der Waals surface area contributed by atoms with Gasteiger partial charge in [0.1, 0.15) is 11.3 Å². The number of halogens is 1. The van der Waals surface area contributed by atoms with Crippen LogP contribution in [0.15, 0.2) is 26.4 Å². The summed E-state index contributed by atoms with van der Waals surface area (Å²) in [5.41, 5.74) is 0.0492. The van der Waals surface area contributed by atoms with E-state index in [-0.39, 0.29) is 17.2 Å². The molecule has 0 aliphatic carbocycles. The number of rotatable bonds is 5. The molecule has 0 atom stereocenters. The summed E-state index contributed by atoms with van der Waals surface area (Å²) in [5.74, 6) is -1.04. The van der Waals surface area contributed by atoms with Crippen molar-refractivity contribution in [3.05, 3.63) is 43.9 Å². The highest BCUT2D eigenvalue weighted by Crippen LogP contribution is 2.22. The molecule has 0 radical (unpaired) electrons. The van der Waals surface area contributed by atoms with Crippen molar-refractivity contribution in [1.82, 2.24) is 4.90 Å². The lowest BCUT2D eigenvalue weighted by Gasteiger charge is -2.14. The van der Waals surface area contributed by atoms with Gasteiger partial charge < -0.3 is 14.4 Å². The summed E-state index contributed by atoms with van der Waals surface area (Å²) < 4.78 is 6.35. The third-order valence-electron chi connectivity index (χ3n) is 2.93. The Bertz CT molecular complexity index is 676. The van der Waals surface area contributed by atoms with Gasteiger partial charge in [0.15, 0.2) is 5.76 Å². The number of aromatic carboxylic acids is 1. The minimum atomic E-state index is -1.08. The van der Waals surface area contributed by atoms with Crippen LogP contribution in [0.2, 0.25) is 0 Å². The third-order valence-corrected chi connectivity index (χ3v) is 4.62. The third kappa shape index (κ3) is 3.54. The van der Waals surface area contributed by atoms with Crippen molar-refractivity contribution >= 4 is 39.1 Å². The fourth-order valence-corrected chi connectivity index (χ4v) is 3.41. The van der Waals surface area contributed by atoms with Crippen LogP contribution in [0, 0.1) is 0 Å². The van der Waals surface area contributed by atoms with Gasteiger partial charge in [-0.3, -0.25) is 4.79 Å². The largest absolute Gasteiger partial charge is 0.478 e. The number of carboxylic acids is 1. The van der Waals surface area contributed by atoms with Crippen LogP contribution in [0.25, 0.3) is 0 Å². The Morgan fingerprint density at radius 3 is 2.62 bits per heavy atom. The van der Waals surface area contributed by atoms with Crippen molar-refractivity contribution in [2.75, 3.05) is 7.05 Å². The summed E-state index contributed by atoms with van der Waals surface area (Å²) in [4.78, 5) is 25.9. The predicted octanol–water partition coefficient (Wildman–Crippen LogP) is 3.64. The summed E-state index contributed by atoms with van der Waals surface area (Å²) in [6.07, 6.45) is 0.427. The van der Waals surface area contributed by atoms with Crippen molar-refractivity contribution in [3.63, 3.8) is 0 Å². The summed E-state index contributed by atoms with van der Waals surface area (Å²) >= 11 is 4.91. The van der Waals surface area contributed by atoms with Gasteiger partial charge in [0.2, 0.25) is 0 Å². The molecule has 1 amide bonds. The van der Waals surface area contributed by atoms with Crippen molar-refractivity contribution in [1.29, 1.82) is 0 Å². The van der Waals surface area contributed by atoms with E-state index in [9.17, 15) is 9.59 Å². The monoisotopic (exact) mass is 371 g/mol. The smallest absolute Gasteiger partial charge is 0.339 e. The van der Waals surface area contributed by atoms with Crippen LogP contribution in [0.3, 0.4) is 0 Å². The molecular formula is C14H14BrNO4S. The number of nitrogens with zero attached hydrogens (tertiary/aromatic N) is 1. The van der Waals surface area contributed by atoms with Gasteiger partial charge in [-0.15, -0.1) is 11.3 Å². The van der Waals surface area contributed by atoms with Crippen LogP contribution in [-0.4, -0.2) is 28.9 Å². The van der Waals surface area contributed by atoms with E-state index < -0.39 is 5.97 Å². The van der Waals surface area contributed by atoms with E-state index in [0.717, 1.165) is 9.35 Å². The molecule has 0 aliphatic heterocycles. The molecule has 2 aromatic rings. The minimum Gasteiger partial charge on any atom is -0.478 e. The number of thiophene rings is 1. The number of aryl methyl sites for hydroxylation is 1. The van der Waals surface area contributed by atoms with Crippen LogP contribution >= 0.6 is 27.3 Å². The highest BCUT2D eigenvalue weighted by Gasteiger charge is 2.22. The van der Waals surface area contributed by atoms with Crippen LogP contribution in [0.4, 0.5) is 0 Å². The van der Waals surface area contributed by atoms with Gasteiger partial charge in [-0.1, -0.05) is 6.92 Å². The zero-order valence-corrected chi connectivity index (χ0v) is 14.0. The average Bonchev–Trinajstić information content (AvgIpc) is 3.04. The van der Waals surface area contributed by atoms with E-state index >= 15 is 0 Å². The molecular weight excluding hydrogens is 358 g/mol. The lowest BCUT2D eigenvalue weighted by atomic mass is 10.2. The Hall–Kier alpha value is -1.60. The van der Waals surface area contributed by atoms with Gasteiger partial charge in [0.05, 0.1) is 6.54 Å². The number of hydrogen-bond donors (Lipinski definition) is 1. The number of carbonyl (C=O) groups is 2. The van der Waals surface area contributed by atoms with Crippen LogP contribution in [0.1, 0.15) is 38.5 Å². The summed E-state index contributed by atoms with van der Waals surface area (Å²) in [6, 6.07) is 3.24. The van der Waals surface area contributed by atoms with E-state index in [2.05, 4.69) is 15.9 Å². The quantitative estimate of drug-likeness (QED) is 0.870. The molecule has 0 saturated heterocycles. The Morgan fingerprint density at radius 1 is 1.43 bits per heavy atom. The van der Waals surface area contributed by atoms with Gasteiger partial charge in [-0.05, 0) is 22.0 Å². The number of carboxylic acid groups (broad SMARTS) is 1. The first-order valence-electron chi connectivity index (χ1n) is 6.26. The molecule has 0 aromatic carbocycles. The maximum absolute atomic E-state index is 12.3. The van der Waals surface area contributed by atoms with Crippen molar-refractivity contribution in [2.24, 2.45) is 0 Å². The van der Waals surface area contributed by atoms with Gasteiger partial charge >= 0.3 is 5.97 Å². The van der Waals surface area contributed by atoms with Crippen LogP contribution < -0.4 is 0 Å². The molecule has 2 rings (SSSR count). The number of amides is 1. The second-order valence-electron chi connectivity index (χ2n) is 4.50. The molecule has 2 aromatic heterocycles. The van der Waals surface area contributed by atoms with Crippen molar-refractivity contribution < 1.29 is 19.1 Å². The lowest BCUT2D eigenvalue weighted by Crippen LogP contribution is -2.25. The van der Waals surface area contributed by atoms with E-state index in [1.54, 1.807) is 25.3 Å². The zero-order chi connectivity index (χ0) is 15.6. The molecule has 0 fully saturated rings. The Labute approximate surface area is 134 Å². The van der Waals surface area contributed by atoms with Gasteiger partial charge in [0.25, 0.3) is 5.91 Å². The Morgan fingerprint density at radius 2 is 2.14 bits per heavy atom. The van der Waals surface area contributed by atoms with Crippen molar-refractivity contribution in [2.45, 2.75) is 19.9 Å². The van der Waals surface area contributed by atoms with E-state index in [4.69, 9.17) is 9.52 Å². The van der Waals surface area contributed by atoms with Gasteiger partial charge in [0, 0.05) is 34.3 Å². The maximum Gasteiger partial charge on any atom is 0.339 e. The SMILES string of the molecule is CCc1oc(C(=O)N(C)Cc2cc(Br)cs2)cc1C(=O)O. The second kappa shape index (κ2) is 6.44. The highest BCUT2D eigenvalue weighted by molar-refractivity contribution is 9.10. The van der Waals surface area contributed by atoms with Crippen LogP contribution in [0.5, 0.6) is 0 Å². The number of furan rings is 1. The van der Waals surface area contributed by atoms with E-state index in [0.29, 0.717) is 18.7 Å². The van der Waals surface area contributed by atoms with Crippen molar-refractivity contribution in [3.8, 4) is 0 Å². The molecule has 21 heavy (non-hydrogen) atoms. The Kier molecular flexibility index (Phi) is 4.84. The first-order valence-corrected chi connectivity index (χ1v) is 7.94. The Balaban J connectivity index is 2.17. The first-order chi connectivity index (χ1) is 9.92. The molecule has 2 heterocycles.